The Morgan fingerprint density at radius 1 is 1.36 bits per heavy atom. The van der Waals surface area contributed by atoms with Crippen molar-refractivity contribution in [3.05, 3.63) is 41.4 Å². The number of aromatic nitrogens is 1. The minimum Gasteiger partial charge on any atom is -0.496 e. The molecule has 6 heteroatoms. The fourth-order valence-electron chi connectivity index (χ4n) is 2.59. The Balaban J connectivity index is 2.00. The number of rotatable bonds is 3. The summed E-state index contributed by atoms with van der Waals surface area (Å²) in [6, 6.07) is 6.32. The summed E-state index contributed by atoms with van der Waals surface area (Å²) >= 11 is 5.83. The first kappa shape index (κ1) is 14.8. The van der Waals surface area contributed by atoms with Gasteiger partial charge in [0.25, 0.3) is 0 Å². The van der Waals surface area contributed by atoms with Crippen LogP contribution in [0.5, 0.6) is 5.75 Å². The van der Waals surface area contributed by atoms with Crippen molar-refractivity contribution in [2.45, 2.75) is 12.8 Å². The van der Waals surface area contributed by atoms with Gasteiger partial charge < -0.3 is 9.64 Å². The highest BCUT2D eigenvalue weighted by atomic mass is 35.5. The lowest BCUT2D eigenvalue weighted by molar-refractivity contribution is -0.117. The monoisotopic (exact) mass is 320 g/mol. The summed E-state index contributed by atoms with van der Waals surface area (Å²) in [4.78, 5) is 17.2. The number of halogens is 2. The van der Waals surface area contributed by atoms with E-state index in [1.54, 1.807) is 18.2 Å². The maximum Gasteiger partial charge on any atom is 0.227 e. The van der Waals surface area contributed by atoms with Crippen LogP contribution in [0.4, 0.5) is 10.1 Å². The van der Waals surface area contributed by atoms with Crippen LogP contribution in [0, 0.1) is 5.82 Å². The number of nitrogens with zero attached hydrogens (tertiary/aromatic N) is 2. The number of carbonyl (C=O) groups excluding carboxylic acids is 1. The van der Waals surface area contributed by atoms with E-state index in [9.17, 15) is 9.18 Å². The summed E-state index contributed by atoms with van der Waals surface area (Å²) < 4.78 is 19.7. The van der Waals surface area contributed by atoms with E-state index in [-0.39, 0.29) is 5.91 Å². The van der Waals surface area contributed by atoms with Crippen molar-refractivity contribution in [1.29, 1.82) is 0 Å². The molecule has 0 N–H and O–H groups in total. The molecule has 4 nitrogen and oxygen atoms in total. The van der Waals surface area contributed by atoms with E-state index in [4.69, 9.17) is 16.3 Å². The smallest absolute Gasteiger partial charge is 0.227 e. The third kappa shape index (κ3) is 2.64. The highest BCUT2D eigenvalue weighted by molar-refractivity contribution is 6.29. The predicted octanol–water partition coefficient (Wildman–Crippen LogP) is 3.68. The average molecular weight is 321 g/mol. The minimum absolute atomic E-state index is 0.0441. The second-order valence-electron chi connectivity index (χ2n) is 5.02. The van der Waals surface area contributed by atoms with Crippen molar-refractivity contribution in [3.63, 3.8) is 0 Å². The Bertz CT molecular complexity index is 736. The van der Waals surface area contributed by atoms with Crippen LogP contribution < -0.4 is 9.64 Å². The summed E-state index contributed by atoms with van der Waals surface area (Å²) in [5, 5.41) is 0.306. The summed E-state index contributed by atoms with van der Waals surface area (Å²) in [5.74, 6) is 0.0338. The van der Waals surface area contributed by atoms with Gasteiger partial charge in [0, 0.05) is 30.8 Å². The molecule has 1 aromatic carbocycles. The molecule has 1 aromatic heterocycles. The fraction of sp³-hybridized carbons (Fsp3) is 0.250. The molecule has 0 atom stereocenters. The van der Waals surface area contributed by atoms with E-state index in [2.05, 4.69) is 4.98 Å². The third-order valence-corrected chi connectivity index (χ3v) is 3.88. The zero-order valence-corrected chi connectivity index (χ0v) is 12.7. The number of carbonyl (C=O) groups is 1. The van der Waals surface area contributed by atoms with Gasteiger partial charge in [-0.05, 0) is 24.1 Å². The number of amides is 1. The molecule has 1 fully saturated rings. The highest BCUT2D eigenvalue weighted by Crippen LogP contribution is 2.34. The normalized spacial score (nSPS) is 14.5. The molecule has 0 radical (unpaired) electrons. The molecule has 0 unspecified atom stereocenters. The first-order valence-electron chi connectivity index (χ1n) is 6.90. The number of ether oxygens (including phenoxy) is 1. The van der Waals surface area contributed by atoms with Crippen LogP contribution in [0.3, 0.4) is 0 Å². The molecule has 114 valence electrons. The van der Waals surface area contributed by atoms with Crippen molar-refractivity contribution >= 4 is 23.2 Å². The maximum absolute atomic E-state index is 14.4. The number of benzene rings is 1. The molecular formula is C16H14ClFN2O2. The second kappa shape index (κ2) is 5.93. The topological polar surface area (TPSA) is 42.4 Å². The molecule has 2 heterocycles. The minimum atomic E-state index is -0.440. The Morgan fingerprint density at radius 2 is 2.18 bits per heavy atom. The van der Waals surface area contributed by atoms with E-state index in [0.29, 0.717) is 40.7 Å². The molecule has 2 aromatic rings. The number of pyridine rings is 1. The third-order valence-electron chi connectivity index (χ3n) is 3.68. The Morgan fingerprint density at radius 3 is 2.82 bits per heavy atom. The molecule has 22 heavy (non-hydrogen) atoms. The van der Waals surface area contributed by atoms with Gasteiger partial charge in [0.15, 0.2) is 0 Å². The van der Waals surface area contributed by atoms with Gasteiger partial charge in [-0.2, -0.15) is 0 Å². The summed E-state index contributed by atoms with van der Waals surface area (Å²) in [6.07, 6.45) is 2.77. The van der Waals surface area contributed by atoms with Crippen molar-refractivity contribution in [2.75, 3.05) is 18.6 Å². The van der Waals surface area contributed by atoms with E-state index in [0.717, 1.165) is 6.42 Å². The molecule has 1 amide bonds. The molecule has 1 aliphatic heterocycles. The molecule has 0 saturated carbocycles. The van der Waals surface area contributed by atoms with Crippen molar-refractivity contribution in [2.24, 2.45) is 0 Å². The molecule has 3 rings (SSSR count). The van der Waals surface area contributed by atoms with Crippen molar-refractivity contribution in [3.8, 4) is 16.9 Å². The standard InChI is InChI=1S/C16H14ClFN2O2/c1-22-14-8-15(17)19-9-11(14)10-4-5-13(12(18)7-10)20-6-2-3-16(20)21/h4-5,7-9H,2-3,6H2,1H3. The van der Waals surface area contributed by atoms with Crippen LogP contribution >= 0.6 is 11.6 Å². The van der Waals surface area contributed by atoms with Crippen LogP contribution in [0.15, 0.2) is 30.5 Å². The SMILES string of the molecule is COc1cc(Cl)ncc1-c1ccc(N2CCCC2=O)c(F)c1. The van der Waals surface area contributed by atoms with Crippen LogP contribution in [0.25, 0.3) is 11.1 Å². The molecule has 0 spiro atoms. The van der Waals surface area contributed by atoms with Crippen LogP contribution in [0.2, 0.25) is 5.15 Å². The first-order valence-corrected chi connectivity index (χ1v) is 7.28. The Hall–Kier alpha value is -2.14. The second-order valence-corrected chi connectivity index (χ2v) is 5.41. The summed E-state index contributed by atoms with van der Waals surface area (Å²) in [5.41, 5.74) is 1.58. The lowest BCUT2D eigenvalue weighted by atomic mass is 10.1. The summed E-state index contributed by atoms with van der Waals surface area (Å²) in [6.45, 7) is 0.556. The first-order chi connectivity index (χ1) is 10.6. The predicted molar refractivity (Wildman–Crippen MR) is 82.8 cm³/mol. The Kier molecular flexibility index (Phi) is 3.98. The molecule has 0 aliphatic carbocycles. The van der Waals surface area contributed by atoms with Gasteiger partial charge in [0.2, 0.25) is 5.91 Å². The lowest BCUT2D eigenvalue weighted by Crippen LogP contribution is -2.24. The zero-order chi connectivity index (χ0) is 15.7. The van der Waals surface area contributed by atoms with Gasteiger partial charge >= 0.3 is 0 Å². The zero-order valence-electron chi connectivity index (χ0n) is 12.0. The van der Waals surface area contributed by atoms with E-state index < -0.39 is 5.82 Å². The van der Waals surface area contributed by atoms with Crippen molar-refractivity contribution in [1.82, 2.24) is 4.98 Å². The number of hydrogen-bond acceptors (Lipinski definition) is 3. The highest BCUT2D eigenvalue weighted by Gasteiger charge is 2.24. The number of methoxy groups -OCH3 is 1. The molecular weight excluding hydrogens is 307 g/mol. The van der Waals surface area contributed by atoms with E-state index >= 15 is 0 Å². The van der Waals surface area contributed by atoms with Gasteiger partial charge in [0.05, 0.1) is 12.8 Å². The largest absolute Gasteiger partial charge is 0.496 e. The quantitative estimate of drug-likeness (QED) is 0.810. The van der Waals surface area contributed by atoms with Gasteiger partial charge in [-0.25, -0.2) is 9.37 Å². The van der Waals surface area contributed by atoms with Gasteiger partial charge in [-0.3, -0.25) is 4.79 Å². The number of anilines is 1. The van der Waals surface area contributed by atoms with Gasteiger partial charge in [-0.1, -0.05) is 17.7 Å². The molecule has 0 bridgehead atoms. The molecule has 1 saturated heterocycles. The average Bonchev–Trinajstić information content (AvgIpc) is 2.93. The lowest BCUT2D eigenvalue weighted by Gasteiger charge is -2.17. The van der Waals surface area contributed by atoms with E-state index in [1.807, 2.05) is 0 Å². The van der Waals surface area contributed by atoms with E-state index in [1.165, 1.54) is 24.3 Å². The van der Waals surface area contributed by atoms with Crippen molar-refractivity contribution < 1.29 is 13.9 Å². The summed E-state index contributed by atoms with van der Waals surface area (Å²) in [7, 11) is 1.52. The van der Waals surface area contributed by atoms with Crippen LogP contribution in [-0.4, -0.2) is 24.5 Å². The molecule has 1 aliphatic rings. The fourth-order valence-corrected chi connectivity index (χ4v) is 2.74. The van der Waals surface area contributed by atoms with Gasteiger partial charge in [-0.15, -0.1) is 0 Å². The number of hydrogen-bond donors (Lipinski definition) is 0. The maximum atomic E-state index is 14.4. The Labute approximate surface area is 132 Å². The van der Waals surface area contributed by atoms with Crippen LogP contribution in [-0.2, 0) is 4.79 Å². The van der Waals surface area contributed by atoms with Gasteiger partial charge in [0.1, 0.15) is 16.7 Å². The van der Waals surface area contributed by atoms with Crippen LogP contribution in [0.1, 0.15) is 12.8 Å².